The third kappa shape index (κ3) is 1.55. The van der Waals surface area contributed by atoms with Crippen LogP contribution in [0.4, 0.5) is 5.69 Å². The lowest BCUT2D eigenvalue weighted by Gasteiger charge is -2.02. The first-order valence-electron chi connectivity index (χ1n) is 5.08. The Kier molecular flexibility index (Phi) is 1.85. The van der Waals surface area contributed by atoms with E-state index in [4.69, 9.17) is 10.2 Å². The quantitative estimate of drug-likeness (QED) is 0.787. The molecule has 0 aromatic carbocycles. The van der Waals surface area contributed by atoms with Crippen LogP contribution in [0.2, 0.25) is 0 Å². The van der Waals surface area contributed by atoms with Crippen LogP contribution >= 0.6 is 0 Å². The van der Waals surface area contributed by atoms with Gasteiger partial charge in [-0.15, -0.1) is 0 Å². The number of oxazole rings is 1. The Labute approximate surface area is 86.7 Å². The van der Waals surface area contributed by atoms with Gasteiger partial charge in [0.15, 0.2) is 5.58 Å². The molecule has 0 aliphatic heterocycles. The number of pyridine rings is 1. The number of hydrogen-bond donors (Lipinski definition) is 2. The van der Waals surface area contributed by atoms with Gasteiger partial charge in [-0.25, -0.2) is 4.98 Å². The van der Waals surface area contributed by atoms with E-state index in [0.29, 0.717) is 29.7 Å². The van der Waals surface area contributed by atoms with Gasteiger partial charge < -0.3 is 15.5 Å². The van der Waals surface area contributed by atoms with Gasteiger partial charge in [0.25, 0.3) is 0 Å². The highest BCUT2D eigenvalue weighted by Gasteiger charge is 2.22. The molecule has 0 unspecified atom stereocenters. The van der Waals surface area contributed by atoms with Crippen LogP contribution in [-0.2, 0) is 6.54 Å². The van der Waals surface area contributed by atoms with Crippen molar-refractivity contribution >= 4 is 16.9 Å². The van der Waals surface area contributed by atoms with Gasteiger partial charge in [0.2, 0.25) is 11.5 Å². The summed E-state index contributed by atoms with van der Waals surface area (Å²) < 4.78 is 5.52. The van der Waals surface area contributed by atoms with Crippen molar-refractivity contribution in [3.05, 3.63) is 18.2 Å². The number of fused-ring (bicyclic) bond motifs is 1. The van der Waals surface area contributed by atoms with E-state index in [1.54, 1.807) is 6.20 Å². The van der Waals surface area contributed by atoms with Gasteiger partial charge in [-0.1, -0.05) is 0 Å². The first kappa shape index (κ1) is 8.67. The van der Waals surface area contributed by atoms with Gasteiger partial charge in [0, 0.05) is 12.2 Å². The Hall–Kier alpha value is -1.62. The van der Waals surface area contributed by atoms with Gasteiger partial charge in [-0.05, 0) is 18.9 Å². The molecule has 0 bridgehead atoms. The number of nitrogens with one attached hydrogen (secondary N) is 1. The Morgan fingerprint density at radius 1 is 1.53 bits per heavy atom. The molecule has 1 aliphatic rings. The highest BCUT2D eigenvalue weighted by Crippen LogP contribution is 2.29. The third-order valence-electron chi connectivity index (χ3n) is 2.45. The molecule has 5 nitrogen and oxygen atoms in total. The lowest BCUT2D eigenvalue weighted by Crippen LogP contribution is -2.00. The Morgan fingerprint density at radius 3 is 3.13 bits per heavy atom. The van der Waals surface area contributed by atoms with Crippen LogP contribution in [0.5, 0.6) is 0 Å². The molecule has 1 saturated carbocycles. The van der Waals surface area contributed by atoms with Crippen LogP contribution in [0.1, 0.15) is 18.7 Å². The molecule has 3 rings (SSSR count). The van der Waals surface area contributed by atoms with Crippen molar-refractivity contribution in [2.24, 2.45) is 5.73 Å². The van der Waals surface area contributed by atoms with Crippen LogP contribution in [0.15, 0.2) is 16.7 Å². The molecule has 0 saturated heterocycles. The van der Waals surface area contributed by atoms with Crippen molar-refractivity contribution in [3.8, 4) is 0 Å². The predicted octanol–water partition coefficient (Wildman–Crippen LogP) is 1.26. The SMILES string of the molecule is NCc1nc2nccc(NC3CC3)c2o1. The summed E-state index contributed by atoms with van der Waals surface area (Å²) in [5.74, 6) is 0.530. The summed E-state index contributed by atoms with van der Waals surface area (Å²) in [4.78, 5) is 8.31. The van der Waals surface area contributed by atoms with E-state index in [2.05, 4.69) is 15.3 Å². The van der Waals surface area contributed by atoms with Gasteiger partial charge in [0.1, 0.15) is 0 Å². The lowest BCUT2D eigenvalue weighted by atomic mass is 10.3. The summed E-state index contributed by atoms with van der Waals surface area (Å²) in [6, 6.07) is 2.49. The second kappa shape index (κ2) is 3.20. The third-order valence-corrected chi connectivity index (χ3v) is 2.45. The molecular weight excluding hydrogens is 192 g/mol. The standard InChI is InChI=1S/C10H12N4O/c11-5-8-14-10-9(15-8)7(3-4-12-10)13-6-1-2-6/h3-4,6H,1-2,5,11H2,(H,12,13). The minimum absolute atomic E-state index is 0.305. The maximum atomic E-state index is 5.52. The molecule has 2 aromatic rings. The normalized spacial score (nSPS) is 15.8. The second-order valence-corrected chi connectivity index (χ2v) is 3.74. The number of nitrogens with two attached hydrogens (primary N) is 1. The zero-order valence-corrected chi connectivity index (χ0v) is 8.23. The molecule has 1 aliphatic carbocycles. The van der Waals surface area contributed by atoms with Crippen molar-refractivity contribution < 1.29 is 4.42 Å². The first-order chi connectivity index (χ1) is 7.36. The molecule has 1 fully saturated rings. The van der Waals surface area contributed by atoms with Crippen molar-refractivity contribution in [1.82, 2.24) is 9.97 Å². The lowest BCUT2D eigenvalue weighted by molar-refractivity contribution is 0.534. The molecule has 0 atom stereocenters. The fraction of sp³-hybridized carbons (Fsp3) is 0.400. The average molecular weight is 204 g/mol. The summed E-state index contributed by atoms with van der Waals surface area (Å²) >= 11 is 0. The molecule has 0 radical (unpaired) electrons. The molecule has 15 heavy (non-hydrogen) atoms. The maximum Gasteiger partial charge on any atom is 0.210 e. The average Bonchev–Trinajstić information content (AvgIpc) is 2.96. The molecule has 2 heterocycles. The zero-order chi connectivity index (χ0) is 10.3. The molecule has 0 spiro atoms. The molecule has 78 valence electrons. The highest BCUT2D eigenvalue weighted by atomic mass is 16.3. The fourth-order valence-electron chi connectivity index (χ4n) is 1.52. The predicted molar refractivity (Wildman–Crippen MR) is 56.3 cm³/mol. The number of nitrogens with zero attached hydrogens (tertiary/aromatic N) is 2. The molecule has 3 N–H and O–H groups in total. The van der Waals surface area contributed by atoms with E-state index in [1.807, 2.05) is 6.07 Å². The van der Waals surface area contributed by atoms with Gasteiger partial charge in [0.05, 0.1) is 12.2 Å². The Morgan fingerprint density at radius 2 is 2.40 bits per heavy atom. The molecule has 2 aromatic heterocycles. The minimum atomic E-state index is 0.305. The largest absolute Gasteiger partial charge is 0.435 e. The fourth-order valence-corrected chi connectivity index (χ4v) is 1.52. The van der Waals surface area contributed by atoms with E-state index in [1.165, 1.54) is 12.8 Å². The Bertz CT molecular complexity index is 489. The molecule has 0 amide bonds. The zero-order valence-electron chi connectivity index (χ0n) is 8.23. The second-order valence-electron chi connectivity index (χ2n) is 3.74. The molecule has 5 heteroatoms. The van der Waals surface area contributed by atoms with Crippen LogP contribution in [0, 0.1) is 0 Å². The van der Waals surface area contributed by atoms with Crippen molar-refractivity contribution in [2.45, 2.75) is 25.4 Å². The summed E-state index contributed by atoms with van der Waals surface area (Å²) in [6.07, 6.45) is 4.18. The van der Waals surface area contributed by atoms with Gasteiger partial charge >= 0.3 is 0 Å². The van der Waals surface area contributed by atoms with Crippen molar-refractivity contribution in [1.29, 1.82) is 0 Å². The summed E-state index contributed by atoms with van der Waals surface area (Å²) in [5.41, 5.74) is 7.78. The number of aromatic nitrogens is 2. The first-order valence-corrected chi connectivity index (χ1v) is 5.08. The summed E-state index contributed by atoms with van der Waals surface area (Å²) in [6.45, 7) is 0.305. The maximum absolute atomic E-state index is 5.52. The van der Waals surface area contributed by atoms with Crippen LogP contribution in [-0.4, -0.2) is 16.0 Å². The number of rotatable bonds is 3. The monoisotopic (exact) mass is 204 g/mol. The van der Waals surface area contributed by atoms with Crippen molar-refractivity contribution in [3.63, 3.8) is 0 Å². The topological polar surface area (TPSA) is 77.0 Å². The van der Waals surface area contributed by atoms with E-state index in [-0.39, 0.29) is 0 Å². The van der Waals surface area contributed by atoms with E-state index in [9.17, 15) is 0 Å². The van der Waals surface area contributed by atoms with Gasteiger partial charge in [-0.3, -0.25) is 0 Å². The van der Waals surface area contributed by atoms with Gasteiger partial charge in [-0.2, -0.15) is 4.98 Å². The van der Waals surface area contributed by atoms with Crippen molar-refractivity contribution in [2.75, 3.05) is 5.32 Å². The summed E-state index contributed by atoms with van der Waals surface area (Å²) in [7, 11) is 0. The van der Waals surface area contributed by atoms with Crippen LogP contribution in [0.25, 0.3) is 11.2 Å². The Balaban J connectivity index is 2.06. The minimum Gasteiger partial charge on any atom is -0.435 e. The summed E-state index contributed by atoms with van der Waals surface area (Å²) in [5, 5.41) is 3.38. The number of hydrogen-bond acceptors (Lipinski definition) is 5. The smallest absolute Gasteiger partial charge is 0.210 e. The highest BCUT2D eigenvalue weighted by molar-refractivity contribution is 5.83. The number of anilines is 1. The van der Waals surface area contributed by atoms with Crippen LogP contribution < -0.4 is 11.1 Å². The van der Waals surface area contributed by atoms with E-state index < -0.39 is 0 Å². The van der Waals surface area contributed by atoms with E-state index in [0.717, 1.165) is 5.69 Å². The molecular formula is C10H12N4O. The van der Waals surface area contributed by atoms with Crippen LogP contribution in [0.3, 0.4) is 0 Å². The van der Waals surface area contributed by atoms with E-state index >= 15 is 0 Å².